The Morgan fingerprint density at radius 1 is 0.700 bits per heavy atom. The molecule has 312 valence electrons. The van der Waals surface area contributed by atoms with Crippen molar-refractivity contribution in [1.29, 1.82) is 0 Å². The van der Waals surface area contributed by atoms with Crippen LogP contribution in [-0.4, -0.2) is 50.4 Å². The molecule has 2 heterocycles. The average Bonchev–Trinajstić information content (AvgIpc) is 3.26. The summed E-state index contributed by atoms with van der Waals surface area (Å²) in [5.74, 6) is -0.664. The summed E-state index contributed by atoms with van der Waals surface area (Å²) in [4.78, 5) is 14.5. The van der Waals surface area contributed by atoms with Crippen LogP contribution in [0.25, 0.3) is 0 Å². The topological polar surface area (TPSA) is 74.2 Å². The zero-order valence-electron chi connectivity index (χ0n) is 36.1. The second-order valence-electron chi connectivity index (χ2n) is 18.1. The van der Waals surface area contributed by atoms with Gasteiger partial charge in [-0.25, -0.2) is 0 Å². The fourth-order valence-electron chi connectivity index (χ4n) is 9.02. The molecule has 7 rings (SSSR count). The molecule has 0 spiro atoms. The summed E-state index contributed by atoms with van der Waals surface area (Å²) in [6.07, 6.45) is 2.36. The van der Waals surface area contributed by atoms with Gasteiger partial charge in [-0.1, -0.05) is 198 Å². The van der Waals surface area contributed by atoms with Gasteiger partial charge in [0, 0.05) is 18.3 Å². The first-order chi connectivity index (χ1) is 28.8. The number of rotatable bonds is 10. The molecular weight excluding hydrogens is 761 g/mol. The van der Waals surface area contributed by atoms with Crippen LogP contribution in [-0.2, 0) is 29.0 Å². The third kappa shape index (κ3) is 8.59. The van der Waals surface area contributed by atoms with E-state index in [0.717, 1.165) is 22.3 Å². The smallest absolute Gasteiger partial charge is 0.316 e. The molecule has 6 nitrogen and oxygen atoms in total. The van der Waals surface area contributed by atoms with Crippen molar-refractivity contribution in [2.45, 2.75) is 96.4 Å². The molecule has 5 aromatic rings. The summed E-state index contributed by atoms with van der Waals surface area (Å²) in [7, 11) is -3.00. The Morgan fingerprint density at radius 3 is 1.60 bits per heavy atom. The number of esters is 1. The van der Waals surface area contributed by atoms with Crippen molar-refractivity contribution in [3.63, 3.8) is 0 Å². The Morgan fingerprint density at radius 2 is 1.15 bits per heavy atom. The highest BCUT2D eigenvalue weighted by atomic mass is 28.4. The van der Waals surface area contributed by atoms with E-state index in [1.54, 1.807) is 0 Å². The minimum atomic E-state index is -3.00. The molecule has 2 aliphatic heterocycles. The molecule has 7 heteroatoms. The third-order valence-electron chi connectivity index (χ3n) is 12.5. The normalized spacial score (nSPS) is 23.4. The summed E-state index contributed by atoms with van der Waals surface area (Å²) >= 11 is 0. The molecule has 0 aromatic heterocycles. The number of carbonyl (C=O) groups is 1. The van der Waals surface area contributed by atoms with E-state index in [1.807, 2.05) is 107 Å². The van der Waals surface area contributed by atoms with Crippen LogP contribution in [0.1, 0.15) is 78.0 Å². The Hall–Kier alpha value is -5.05. The molecule has 5 atom stereocenters. The maximum Gasteiger partial charge on any atom is 0.316 e. The highest BCUT2D eigenvalue weighted by Crippen LogP contribution is 2.44. The molecule has 0 amide bonds. The lowest BCUT2D eigenvalue weighted by Gasteiger charge is -2.48. The molecule has 2 unspecified atom stereocenters. The number of aliphatic hydroxyl groups excluding tert-OH is 1. The lowest BCUT2D eigenvalue weighted by Crippen LogP contribution is -2.68. The van der Waals surface area contributed by atoms with Gasteiger partial charge in [0.05, 0.1) is 18.8 Å². The monoisotopic (exact) mass is 820 g/mol. The van der Waals surface area contributed by atoms with Crippen LogP contribution in [0.3, 0.4) is 0 Å². The highest BCUT2D eigenvalue weighted by Gasteiger charge is 2.53. The largest absolute Gasteiger partial charge is 0.493 e. The van der Waals surface area contributed by atoms with E-state index >= 15 is 0 Å². The molecule has 0 saturated heterocycles. The summed E-state index contributed by atoms with van der Waals surface area (Å²) in [5, 5.41) is 14.1. The molecule has 0 radical (unpaired) electrons. The molecular formula is C53H60O6Si. The highest BCUT2D eigenvalue weighted by molar-refractivity contribution is 6.99. The number of aliphatic hydroxyl groups is 1. The van der Waals surface area contributed by atoms with Crippen molar-refractivity contribution in [1.82, 2.24) is 0 Å². The van der Waals surface area contributed by atoms with E-state index in [2.05, 4.69) is 106 Å². The van der Waals surface area contributed by atoms with Crippen molar-refractivity contribution in [2.24, 2.45) is 11.3 Å². The van der Waals surface area contributed by atoms with Gasteiger partial charge in [0.1, 0.15) is 29.5 Å². The van der Waals surface area contributed by atoms with Gasteiger partial charge >= 0.3 is 5.97 Å². The van der Waals surface area contributed by atoms with Gasteiger partial charge in [0.15, 0.2) is 0 Å². The van der Waals surface area contributed by atoms with Gasteiger partial charge in [-0.05, 0) is 52.0 Å². The standard InChI is InChI=1S/C53H60O6Si/c1-38-33-44(37-56-53(40-23-13-8-14-24-40,41-25-15-9-16-26-41)42-27-17-10-18-28-42)57-50(55)39(2)47-35-43(36-49(58-47)52(6,7)48(54)34-38)59-60(51(3,4)5,45-29-19-11-20-30-45)46-31-21-12-22-32-46/h8-32,34-35,39,43-44,48-49,54H,33,36-37H2,1-7H3/b38-34+/t39?,43-,44-,48?,49+/m0/s1. The van der Waals surface area contributed by atoms with Crippen LogP contribution in [0.15, 0.2) is 175 Å². The molecule has 2 bridgehead atoms. The van der Waals surface area contributed by atoms with E-state index in [9.17, 15) is 9.90 Å². The van der Waals surface area contributed by atoms with E-state index in [4.69, 9.17) is 18.6 Å². The number of ether oxygens (including phenoxy) is 3. The molecule has 1 N–H and O–H groups in total. The fraction of sp³-hybridized carbons (Fsp3) is 0.340. The van der Waals surface area contributed by atoms with E-state index in [-0.39, 0.29) is 11.6 Å². The van der Waals surface area contributed by atoms with Gasteiger partial charge in [-0.2, -0.15) is 0 Å². The van der Waals surface area contributed by atoms with E-state index < -0.39 is 55.6 Å². The van der Waals surface area contributed by atoms with Gasteiger partial charge in [-0.3, -0.25) is 4.79 Å². The van der Waals surface area contributed by atoms with Crippen molar-refractivity contribution in [2.75, 3.05) is 6.61 Å². The lowest BCUT2D eigenvalue weighted by molar-refractivity contribution is -0.161. The maximum atomic E-state index is 14.5. The first kappa shape index (κ1) is 43.0. The Bertz CT molecular complexity index is 2100. The maximum absolute atomic E-state index is 14.5. The van der Waals surface area contributed by atoms with Crippen molar-refractivity contribution in [3.05, 3.63) is 192 Å². The van der Waals surface area contributed by atoms with E-state index in [1.165, 1.54) is 10.4 Å². The van der Waals surface area contributed by atoms with E-state index in [0.29, 0.717) is 18.6 Å². The quantitative estimate of drug-likeness (QED) is 0.0655. The minimum Gasteiger partial charge on any atom is -0.493 e. The summed E-state index contributed by atoms with van der Waals surface area (Å²) in [6, 6.07) is 51.7. The van der Waals surface area contributed by atoms with Crippen molar-refractivity contribution < 1.29 is 28.5 Å². The molecule has 60 heavy (non-hydrogen) atoms. The van der Waals surface area contributed by atoms with Crippen LogP contribution in [0.4, 0.5) is 0 Å². The van der Waals surface area contributed by atoms with Crippen molar-refractivity contribution in [3.8, 4) is 0 Å². The number of carbonyl (C=O) groups excluding carboxylic acids is 1. The van der Waals surface area contributed by atoms with Gasteiger partial charge < -0.3 is 23.7 Å². The second kappa shape index (κ2) is 17.9. The first-order valence-electron chi connectivity index (χ1n) is 21.3. The van der Waals surface area contributed by atoms with Crippen LogP contribution in [0.5, 0.6) is 0 Å². The average molecular weight is 821 g/mol. The molecule has 0 saturated carbocycles. The molecule has 0 aliphatic carbocycles. The number of hydrogen-bond acceptors (Lipinski definition) is 6. The SMILES string of the molecule is C/C1=C\C(O)C(C)(C)[C@H]2C[C@@H](O[Si](c3ccccc3)(c3ccccc3)C(C)(C)C)C=C(O2)C(C)C(=O)O[C@H](COC(c2ccccc2)(c2ccccc2)c2ccccc2)C1. The summed E-state index contributed by atoms with van der Waals surface area (Å²) < 4.78 is 28.1. The minimum absolute atomic E-state index is 0.0872. The summed E-state index contributed by atoms with van der Waals surface area (Å²) in [6.45, 7) is 14.8. The number of cyclic esters (lactones) is 1. The number of fused-ring (bicyclic) bond motifs is 2. The predicted molar refractivity (Wildman–Crippen MR) is 242 cm³/mol. The van der Waals surface area contributed by atoms with Crippen LogP contribution >= 0.6 is 0 Å². The van der Waals surface area contributed by atoms with Gasteiger partial charge in [0.25, 0.3) is 8.32 Å². The van der Waals surface area contributed by atoms with Gasteiger partial charge in [0.2, 0.25) is 0 Å². The second-order valence-corrected chi connectivity index (χ2v) is 22.3. The Kier molecular flexibility index (Phi) is 12.8. The van der Waals surface area contributed by atoms with Crippen LogP contribution < -0.4 is 10.4 Å². The predicted octanol–water partition coefficient (Wildman–Crippen LogP) is 9.90. The molecule has 0 fully saturated rings. The summed E-state index contributed by atoms with van der Waals surface area (Å²) in [5.41, 5.74) is 2.02. The molecule has 2 aliphatic rings. The van der Waals surface area contributed by atoms with Crippen LogP contribution in [0, 0.1) is 11.3 Å². The van der Waals surface area contributed by atoms with Gasteiger partial charge in [-0.15, -0.1) is 0 Å². The first-order valence-corrected chi connectivity index (χ1v) is 23.2. The Balaban J connectivity index is 1.27. The molecule has 5 aromatic carbocycles. The number of hydrogen-bond donors (Lipinski definition) is 1. The van der Waals surface area contributed by atoms with Crippen molar-refractivity contribution >= 4 is 24.7 Å². The zero-order chi connectivity index (χ0) is 42.5. The fourth-order valence-corrected chi connectivity index (χ4v) is 13.7. The number of benzene rings is 5. The third-order valence-corrected chi connectivity index (χ3v) is 17.6. The zero-order valence-corrected chi connectivity index (χ0v) is 37.1. The van der Waals surface area contributed by atoms with Crippen LogP contribution in [0.2, 0.25) is 5.04 Å². The Labute approximate surface area is 358 Å². The lowest BCUT2D eigenvalue weighted by atomic mass is 9.76.